The van der Waals surface area contributed by atoms with E-state index in [0.717, 1.165) is 30.7 Å². The molecule has 1 atom stereocenters. The van der Waals surface area contributed by atoms with Crippen molar-refractivity contribution in [2.24, 2.45) is 0 Å². The monoisotopic (exact) mass is 226 g/mol. The molecular formula is C10H14N2O2S. The van der Waals surface area contributed by atoms with Crippen LogP contribution >= 0.6 is 11.3 Å². The fraction of sp³-hybridized carbons (Fsp3) is 0.600. The van der Waals surface area contributed by atoms with Gasteiger partial charge in [-0.25, -0.2) is 9.78 Å². The zero-order chi connectivity index (χ0) is 10.7. The van der Waals surface area contributed by atoms with Crippen molar-refractivity contribution in [2.45, 2.75) is 31.7 Å². The van der Waals surface area contributed by atoms with Crippen LogP contribution in [0.4, 0.5) is 4.79 Å². The fourth-order valence-electron chi connectivity index (χ4n) is 1.99. The summed E-state index contributed by atoms with van der Waals surface area (Å²) in [5.74, 6) is 0. The average molecular weight is 226 g/mol. The lowest BCUT2D eigenvalue weighted by Crippen LogP contribution is -2.33. The smallest absolute Gasteiger partial charge is 0.407 e. The first kappa shape index (κ1) is 10.4. The quantitative estimate of drug-likeness (QED) is 0.801. The van der Waals surface area contributed by atoms with E-state index in [4.69, 9.17) is 5.11 Å². The Morgan fingerprint density at radius 3 is 3.07 bits per heavy atom. The molecule has 0 radical (unpaired) electrons. The standard InChI is InChI=1S/C10H14N2O2S/c13-10(14)12-6-3-1-2-4-8(12)9-11-5-7-15-9/h5,7-8H,1-4,6H2,(H,13,14). The van der Waals surface area contributed by atoms with Gasteiger partial charge >= 0.3 is 6.09 Å². The largest absolute Gasteiger partial charge is 0.465 e. The first-order valence-electron chi connectivity index (χ1n) is 5.18. The van der Waals surface area contributed by atoms with Crippen molar-refractivity contribution < 1.29 is 9.90 Å². The average Bonchev–Trinajstić information content (AvgIpc) is 2.61. The van der Waals surface area contributed by atoms with Crippen LogP contribution in [-0.2, 0) is 0 Å². The number of rotatable bonds is 1. The van der Waals surface area contributed by atoms with Gasteiger partial charge in [0.25, 0.3) is 0 Å². The lowest BCUT2D eigenvalue weighted by molar-refractivity contribution is 0.125. The second-order valence-corrected chi connectivity index (χ2v) is 4.64. The summed E-state index contributed by atoms with van der Waals surface area (Å²) in [6, 6.07) is -0.0231. The van der Waals surface area contributed by atoms with E-state index in [9.17, 15) is 4.79 Å². The van der Waals surface area contributed by atoms with Gasteiger partial charge in [-0.15, -0.1) is 11.3 Å². The van der Waals surface area contributed by atoms with Crippen LogP contribution in [0.2, 0.25) is 0 Å². The third-order valence-corrected chi connectivity index (χ3v) is 3.61. The van der Waals surface area contributed by atoms with Crippen LogP contribution in [-0.4, -0.2) is 27.6 Å². The van der Waals surface area contributed by atoms with E-state index in [1.807, 2.05) is 5.38 Å². The molecule has 1 fully saturated rings. The predicted molar refractivity (Wildman–Crippen MR) is 58.1 cm³/mol. The highest BCUT2D eigenvalue weighted by Gasteiger charge is 2.27. The molecule has 2 rings (SSSR count). The Labute approximate surface area is 92.6 Å². The maximum absolute atomic E-state index is 11.1. The van der Waals surface area contributed by atoms with Gasteiger partial charge in [-0.1, -0.05) is 12.8 Å². The van der Waals surface area contributed by atoms with Gasteiger partial charge in [-0.05, 0) is 12.8 Å². The van der Waals surface area contributed by atoms with E-state index in [1.54, 1.807) is 17.5 Å². The van der Waals surface area contributed by atoms with Crippen LogP contribution in [0.5, 0.6) is 0 Å². The summed E-state index contributed by atoms with van der Waals surface area (Å²) in [6.45, 7) is 0.638. The zero-order valence-electron chi connectivity index (χ0n) is 8.43. The third kappa shape index (κ3) is 2.28. The van der Waals surface area contributed by atoms with Gasteiger partial charge in [-0.2, -0.15) is 0 Å². The van der Waals surface area contributed by atoms with E-state index >= 15 is 0 Å². The van der Waals surface area contributed by atoms with Crippen molar-refractivity contribution in [3.63, 3.8) is 0 Å². The zero-order valence-corrected chi connectivity index (χ0v) is 9.24. The molecule has 1 unspecified atom stereocenters. The minimum atomic E-state index is -0.822. The SMILES string of the molecule is O=C(O)N1CCCCCC1c1nccs1. The van der Waals surface area contributed by atoms with Crippen LogP contribution < -0.4 is 0 Å². The molecule has 1 aromatic rings. The number of carbonyl (C=O) groups is 1. The summed E-state index contributed by atoms with van der Waals surface area (Å²) in [5, 5.41) is 12.0. The Hall–Kier alpha value is -1.10. The van der Waals surface area contributed by atoms with Gasteiger partial charge in [0, 0.05) is 18.1 Å². The summed E-state index contributed by atoms with van der Waals surface area (Å²) >= 11 is 1.54. The number of nitrogens with zero attached hydrogens (tertiary/aromatic N) is 2. The molecular weight excluding hydrogens is 212 g/mol. The highest BCUT2D eigenvalue weighted by molar-refractivity contribution is 7.09. The van der Waals surface area contributed by atoms with Gasteiger partial charge in [0.1, 0.15) is 5.01 Å². The number of hydrogen-bond donors (Lipinski definition) is 1. The first-order valence-corrected chi connectivity index (χ1v) is 6.06. The molecule has 1 aromatic heterocycles. The highest BCUT2D eigenvalue weighted by Crippen LogP contribution is 2.31. The van der Waals surface area contributed by atoms with Crippen molar-refractivity contribution in [3.8, 4) is 0 Å². The van der Waals surface area contributed by atoms with Crippen LogP contribution in [0.1, 0.15) is 36.7 Å². The van der Waals surface area contributed by atoms with Crippen LogP contribution in [0.15, 0.2) is 11.6 Å². The third-order valence-electron chi connectivity index (χ3n) is 2.73. The van der Waals surface area contributed by atoms with E-state index < -0.39 is 6.09 Å². The molecule has 1 saturated heterocycles. The Morgan fingerprint density at radius 2 is 2.40 bits per heavy atom. The molecule has 1 N–H and O–H groups in total. The molecule has 1 aliphatic heterocycles. The molecule has 0 aliphatic carbocycles. The number of likely N-dealkylation sites (tertiary alicyclic amines) is 1. The van der Waals surface area contributed by atoms with Crippen molar-refractivity contribution >= 4 is 17.4 Å². The predicted octanol–water partition coefficient (Wildman–Crippen LogP) is 2.74. The second-order valence-electron chi connectivity index (χ2n) is 3.71. The Kier molecular flexibility index (Phi) is 3.20. The Balaban J connectivity index is 2.20. The molecule has 1 aliphatic rings. The van der Waals surface area contributed by atoms with Gasteiger partial charge in [0.05, 0.1) is 6.04 Å². The van der Waals surface area contributed by atoms with E-state index in [2.05, 4.69) is 4.98 Å². The molecule has 2 heterocycles. The fourth-order valence-corrected chi connectivity index (χ4v) is 2.78. The van der Waals surface area contributed by atoms with Gasteiger partial charge in [0.2, 0.25) is 0 Å². The van der Waals surface area contributed by atoms with Crippen LogP contribution in [0.3, 0.4) is 0 Å². The second kappa shape index (κ2) is 4.61. The number of aromatic nitrogens is 1. The number of thiazole rings is 1. The molecule has 4 nitrogen and oxygen atoms in total. The Bertz CT molecular complexity index is 326. The summed E-state index contributed by atoms with van der Waals surface area (Å²) in [7, 11) is 0. The molecule has 0 bridgehead atoms. The van der Waals surface area contributed by atoms with Gasteiger partial charge in [0.15, 0.2) is 0 Å². The summed E-state index contributed by atoms with van der Waals surface area (Å²) in [5.41, 5.74) is 0. The van der Waals surface area contributed by atoms with Crippen molar-refractivity contribution in [3.05, 3.63) is 16.6 Å². The number of carboxylic acid groups (broad SMARTS) is 1. The number of hydrogen-bond acceptors (Lipinski definition) is 3. The molecule has 15 heavy (non-hydrogen) atoms. The molecule has 1 amide bonds. The van der Waals surface area contributed by atoms with Crippen molar-refractivity contribution in [1.29, 1.82) is 0 Å². The maximum atomic E-state index is 11.1. The highest BCUT2D eigenvalue weighted by atomic mass is 32.1. The summed E-state index contributed by atoms with van der Waals surface area (Å²) < 4.78 is 0. The molecule has 0 aromatic carbocycles. The topological polar surface area (TPSA) is 53.4 Å². The lowest BCUT2D eigenvalue weighted by atomic mass is 10.1. The van der Waals surface area contributed by atoms with E-state index in [1.165, 1.54) is 4.90 Å². The van der Waals surface area contributed by atoms with Crippen LogP contribution in [0.25, 0.3) is 0 Å². The number of amides is 1. The summed E-state index contributed by atoms with van der Waals surface area (Å²) in [6.07, 6.45) is 5.00. The minimum absolute atomic E-state index is 0.0231. The van der Waals surface area contributed by atoms with Gasteiger partial charge in [-0.3, -0.25) is 4.90 Å². The van der Waals surface area contributed by atoms with Gasteiger partial charge < -0.3 is 5.11 Å². The minimum Gasteiger partial charge on any atom is -0.465 e. The molecule has 5 heteroatoms. The molecule has 82 valence electrons. The Morgan fingerprint density at radius 1 is 1.53 bits per heavy atom. The lowest BCUT2D eigenvalue weighted by Gasteiger charge is -2.25. The van der Waals surface area contributed by atoms with Crippen LogP contribution in [0, 0.1) is 0 Å². The normalized spacial score (nSPS) is 22.4. The molecule has 0 spiro atoms. The van der Waals surface area contributed by atoms with Crippen molar-refractivity contribution in [1.82, 2.24) is 9.88 Å². The maximum Gasteiger partial charge on any atom is 0.407 e. The van der Waals surface area contributed by atoms with E-state index in [0.29, 0.717) is 6.54 Å². The first-order chi connectivity index (χ1) is 7.29. The van der Waals surface area contributed by atoms with E-state index in [-0.39, 0.29) is 6.04 Å². The van der Waals surface area contributed by atoms with Crippen molar-refractivity contribution in [2.75, 3.05) is 6.54 Å². The molecule has 0 saturated carbocycles. The summed E-state index contributed by atoms with van der Waals surface area (Å²) in [4.78, 5) is 16.9.